The maximum absolute atomic E-state index is 12.5. The summed E-state index contributed by atoms with van der Waals surface area (Å²) in [4.78, 5) is 14.4. The summed E-state index contributed by atoms with van der Waals surface area (Å²) in [6.07, 6.45) is 1.41. The number of nitrogens with one attached hydrogen (secondary N) is 1. The van der Waals surface area contributed by atoms with E-state index in [4.69, 9.17) is 0 Å². The molecule has 2 aliphatic rings. The lowest BCUT2D eigenvalue weighted by molar-refractivity contribution is -0.118. The highest BCUT2D eigenvalue weighted by atomic mass is 16.1. The summed E-state index contributed by atoms with van der Waals surface area (Å²) in [5, 5.41) is 12.6. The minimum atomic E-state index is -0.204. The van der Waals surface area contributed by atoms with E-state index in [2.05, 4.69) is 25.2 Å². The zero-order valence-corrected chi connectivity index (χ0v) is 12.3. The van der Waals surface area contributed by atoms with Gasteiger partial charge in [0.25, 0.3) is 0 Å². The Kier molecular flexibility index (Phi) is 3.27. The molecule has 2 rings (SSSR count). The maximum Gasteiger partial charge on any atom is 0.163 e. The molecular weight excluding hydrogens is 238 g/mol. The largest absolute Gasteiger partial charge is 0.361 e. The molecule has 0 spiro atoms. The van der Waals surface area contributed by atoms with E-state index in [1.807, 2.05) is 25.9 Å². The van der Waals surface area contributed by atoms with Crippen molar-refractivity contribution in [2.45, 2.75) is 39.7 Å². The van der Waals surface area contributed by atoms with Gasteiger partial charge in [-0.3, -0.25) is 9.69 Å². The Morgan fingerprint density at radius 3 is 2.53 bits per heavy atom. The van der Waals surface area contributed by atoms with Crippen LogP contribution in [0.5, 0.6) is 0 Å². The molecular formula is C15H21N3O. The number of nitriles is 1. The van der Waals surface area contributed by atoms with E-state index in [0.29, 0.717) is 12.0 Å². The molecule has 1 aliphatic heterocycles. The summed E-state index contributed by atoms with van der Waals surface area (Å²) in [5.74, 6) is 0.165. The van der Waals surface area contributed by atoms with Gasteiger partial charge in [0.2, 0.25) is 0 Å². The van der Waals surface area contributed by atoms with Crippen LogP contribution < -0.4 is 5.32 Å². The number of rotatable bonds is 1. The molecule has 0 amide bonds. The normalized spacial score (nSPS) is 26.2. The third kappa shape index (κ3) is 2.31. The van der Waals surface area contributed by atoms with Gasteiger partial charge in [-0.25, -0.2) is 0 Å². The van der Waals surface area contributed by atoms with Crippen molar-refractivity contribution >= 4 is 5.78 Å². The van der Waals surface area contributed by atoms with Crippen LogP contribution >= 0.6 is 0 Å². The highest BCUT2D eigenvalue weighted by molar-refractivity contribution is 6.00. The molecule has 102 valence electrons. The molecule has 0 saturated heterocycles. The summed E-state index contributed by atoms with van der Waals surface area (Å²) >= 11 is 0. The summed E-state index contributed by atoms with van der Waals surface area (Å²) < 4.78 is 0. The molecule has 0 radical (unpaired) electrons. The Morgan fingerprint density at radius 1 is 1.37 bits per heavy atom. The molecule has 1 heterocycles. The number of ketones is 1. The minimum Gasteiger partial charge on any atom is -0.361 e. The van der Waals surface area contributed by atoms with Gasteiger partial charge in [0.1, 0.15) is 0 Å². The van der Waals surface area contributed by atoms with Gasteiger partial charge >= 0.3 is 0 Å². The third-order valence-corrected chi connectivity index (χ3v) is 3.85. The van der Waals surface area contributed by atoms with Crippen LogP contribution in [0, 0.1) is 16.7 Å². The maximum atomic E-state index is 12.5. The molecule has 0 bridgehead atoms. The predicted octanol–water partition coefficient (Wildman–Crippen LogP) is 1.96. The van der Waals surface area contributed by atoms with Crippen LogP contribution in [-0.4, -0.2) is 30.8 Å². The molecule has 0 unspecified atom stereocenters. The average molecular weight is 259 g/mol. The number of dihydropyridines is 1. The number of carbonyl (C=O) groups is 1. The Hall–Kier alpha value is -1.60. The first-order valence-corrected chi connectivity index (χ1v) is 6.57. The molecule has 0 saturated carbocycles. The van der Waals surface area contributed by atoms with Crippen molar-refractivity contribution in [2.24, 2.45) is 5.41 Å². The Labute approximate surface area is 114 Å². The van der Waals surface area contributed by atoms with Gasteiger partial charge in [0.15, 0.2) is 5.78 Å². The van der Waals surface area contributed by atoms with E-state index in [1.54, 1.807) is 0 Å². The summed E-state index contributed by atoms with van der Waals surface area (Å²) in [6.45, 7) is 6.13. The van der Waals surface area contributed by atoms with Gasteiger partial charge in [-0.1, -0.05) is 13.8 Å². The van der Waals surface area contributed by atoms with Crippen molar-refractivity contribution in [3.05, 3.63) is 22.5 Å². The molecule has 0 fully saturated rings. The van der Waals surface area contributed by atoms with E-state index in [1.165, 1.54) is 0 Å². The first-order chi connectivity index (χ1) is 8.76. The quantitative estimate of drug-likeness (QED) is 0.782. The van der Waals surface area contributed by atoms with E-state index in [9.17, 15) is 10.1 Å². The first kappa shape index (κ1) is 13.8. The van der Waals surface area contributed by atoms with Gasteiger partial charge in [-0.2, -0.15) is 5.26 Å². The highest BCUT2D eigenvalue weighted by Crippen LogP contribution is 2.41. The summed E-state index contributed by atoms with van der Waals surface area (Å²) in [5.41, 5.74) is 3.29. The highest BCUT2D eigenvalue weighted by Gasteiger charge is 2.41. The van der Waals surface area contributed by atoms with Crippen LogP contribution in [-0.2, 0) is 4.79 Å². The SMILES string of the molecule is CC1=C(C#N)[C@H](N(C)C)C2=C(CC(C)(C)CC2=O)N1. The monoisotopic (exact) mass is 259 g/mol. The topological polar surface area (TPSA) is 56.1 Å². The smallest absolute Gasteiger partial charge is 0.163 e. The van der Waals surface area contributed by atoms with Crippen LogP contribution in [0.4, 0.5) is 0 Å². The number of nitrogens with zero attached hydrogens (tertiary/aromatic N) is 2. The molecule has 0 aromatic heterocycles. The van der Waals surface area contributed by atoms with Crippen molar-refractivity contribution in [3.8, 4) is 6.07 Å². The van der Waals surface area contributed by atoms with E-state index < -0.39 is 0 Å². The van der Waals surface area contributed by atoms with Crippen molar-refractivity contribution < 1.29 is 4.79 Å². The third-order valence-electron chi connectivity index (χ3n) is 3.85. The summed E-state index contributed by atoms with van der Waals surface area (Å²) in [6, 6.07) is 2.04. The lowest BCUT2D eigenvalue weighted by Crippen LogP contribution is -2.45. The fourth-order valence-corrected chi connectivity index (χ4v) is 3.07. The Morgan fingerprint density at radius 2 is 2.00 bits per heavy atom. The molecule has 0 aromatic rings. The summed E-state index contributed by atoms with van der Waals surface area (Å²) in [7, 11) is 3.83. The number of hydrogen-bond donors (Lipinski definition) is 1. The second-order valence-corrected chi connectivity index (χ2v) is 6.47. The molecule has 1 atom stereocenters. The fourth-order valence-electron chi connectivity index (χ4n) is 3.07. The Bertz CT molecular complexity index is 532. The zero-order chi connectivity index (χ0) is 14.4. The van der Waals surface area contributed by atoms with Crippen molar-refractivity contribution in [2.75, 3.05) is 14.1 Å². The van der Waals surface area contributed by atoms with Gasteiger partial charge in [-0.05, 0) is 32.9 Å². The molecule has 1 N–H and O–H groups in total. The lowest BCUT2D eigenvalue weighted by Gasteiger charge is -2.40. The van der Waals surface area contributed by atoms with Crippen LogP contribution in [0.1, 0.15) is 33.6 Å². The zero-order valence-electron chi connectivity index (χ0n) is 12.3. The molecule has 0 aromatic carbocycles. The van der Waals surface area contributed by atoms with Crippen molar-refractivity contribution in [3.63, 3.8) is 0 Å². The molecule has 19 heavy (non-hydrogen) atoms. The van der Waals surface area contributed by atoms with Gasteiger partial charge in [-0.15, -0.1) is 0 Å². The van der Waals surface area contributed by atoms with Crippen LogP contribution in [0.2, 0.25) is 0 Å². The minimum absolute atomic E-state index is 0.00972. The van der Waals surface area contributed by atoms with Gasteiger partial charge < -0.3 is 5.32 Å². The average Bonchev–Trinajstić information content (AvgIpc) is 2.24. The Balaban J connectivity index is 2.54. The van der Waals surface area contributed by atoms with E-state index >= 15 is 0 Å². The molecule has 1 aliphatic carbocycles. The first-order valence-electron chi connectivity index (χ1n) is 6.57. The van der Waals surface area contributed by atoms with Gasteiger partial charge in [0, 0.05) is 23.4 Å². The number of hydrogen-bond acceptors (Lipinski definition) is 4. The molecule has 4 heteroatoms. The number of carbonyl (C=O) groups excluding carboxylic acids is 1. The van der Waals surface area contributed by atoms with E-state index in [0.717, 1.165) is 23.4 Å². The molecule has 4 nitrogen and oxygen atoms in total. The predicted molar refractivity (Wildman–Crippen MR) is 74.0 cm³/mol. The van der Waals surface area contributed by atoms with E-state index in [-0.39, 0.29) is 17.2 Å². The lowest BCUT2D eigenvalue weighted by atomic mass is 9.72. The van der Waals surface area contributed by atoms with Crippen LogP contribution in [0.25, 0.3) is 0 Å². The van der Waals surface area contributed by atoms with Crippen molar-refractivity contribution in [1.82, 2.24) is 10.2 Å². The number of Topliss-reactive ketones (excluding diaryl/α,β-unsaturated/α-hetero) is 1. The van der Waals surface area contributed by atoms with Crippen molar-refractivity contribution in [1.29, 1.82) is 5.26 Å². The second-order valence-electron chi connectivity index (χ2n) is 6.47. The van der Waals surface area contributed by atoms with Crippen LogP contribution in [0.3, 0.4) is 0 Å². The number of allylic oxidation sites excluding steroid dienone is 2. The number of likely N-dealkylation sites (N-methyl/N-ethyl adjacent to an activating group) is 1. The van der Waals surface area contributed by atoms with Crippen LogP contribution in [0.15, 0.2) is 22.5 Å². The second kappa shape index (κ2) is 4.50. The van der Waals surface area contributed by atoms with Gasteiger partial charge in [0.05, 0.1) is 17.7 Å². The standard InChI is InChI=1S/C15H21N3O/c1-9-10(8-16)14(18(4)5)13-11(17-9)6-15(2,3)7-12(13)19/h14,17H,6-7H2,1-5H3/t14-/m0/s1. The fraction of sp³-hybridized carbons (Fsp3) is 0.600.